The highest BCUT2D eigenvalue weighted by Crippen LogP contribution is 2.25. The van der Waals surface area contributed by atoms with Crippen molar-refractivity contribution in [3.8, 4) is 5.75 Å². The molecule has 0 unspecified atom stereocenters. The number of ether oxygens (including phenoxy) is 1. The monoisotopic (exact) mass is 269 g/mol. The van der Waals surface area contributed by atoms with Gasteiger partial charge in [0.25, 0.3) is 5.91 Å². The van der Waals surface area contributed by atoms with Crippen LogP contribution in [0.3, 0.4) is 0 Å². The van der Waals surface area contributed by atoms with Crippen molar-refractivity contribution in [2.75, 3.05) is 19.7 Å². The number of hydrogen-bond acceptors (Lipinski definition) is 3. The zero-order chi connectivity index (χ0) is 13.3. The number of hydrogen-bond donors (Lipinski definition) is 1. The average Bonchev–Trinajstić information content (AvgIpc) is 2.30. The van der Waals surface area contributed by atoms with Crippen molar-refractivity contribution in [2.45, 2.75) is 19.4 Å². The predicted octanol–water partition coefficient (Wildman–Crippen LogP) is 2.30. The number of nitrogens with zero attached hydrogens (tertiary/aromatic N) is 1. The van der Waals surface area contributed by atoms with E-state index < -0.39 is 0 Å². The second kappa shape index (κ2) is 4.78. The average molecular weight is 270 g/mol. The molecule has 0 aliphatic carbocycles. The van der Waals surface area contributed by atoms with Gasteiger partial charge < -0.3 is 14.7 Å². The van der Waals surface area contributed by atoms with Crippen LogP contribution in [0.15, 0.2) is 18.2 Å². The first-order valence-corrected chi connectivity index (χ1v) is 6.19. The number of aromatic hydroxyl groups is 1. The van der Waals surface area contributed by atoms with Crippen LogP contribution in [0.2, 0.25) is 5.02 Å². The number of rotatable bonds is 1. The predicted molar refractivity (Wildman–Crippen MR) is 69.1 cm³/mol. The third kappa shape index (κ3) is 2.76. The van der Waals surface area contributed by atoms with E-state index >= 15 is 0 Å². The second-order valence-corrected chi connectivity index (χ2v) is 5.43. The maximum absolute atomic E-state index is 12.3. The lowest BCUT2D eigenvalue weighted by Crippen LogP contribution is -2.50. The van der Waals surface area contributed by atoms with Gasteiger partial charge in [0.1, 0.15) is 5.75 Å². The molecule has 1 aromatic rings. The Kier molecular flexibility index (Phi) is 3.50. The molecule has 0 saturated carbocycles. The smallest absolute Gasteiger partial charge is 0.257 e. The molecule has 1 aliphatic heterocycles. The van der Waals surface area contributed by atoms with E-state index in [1.807, 2.05) is 13.8 Å². The first kappa shape index (κ1) is 13.2. The lowest BCUT2D eigenvalue weighted by Gasteiger charge is -2.38. The van der Waals surface area contributed by atoms with Crippen LogP contribution in [0, 0.1) is 0 Å². The van der Waals surface area contributed by atoms with Crippen molar-refractivity contribution in [3.05, 3.63) is 28.8 Å². The van der Waals surface area contributed by atoms with E-state index in [1.165, 1.54) is 12.1 Å². The Bertz CT molecular complexity index is 473. The standard InChI is InChI=1S/C13H16ClNO3/c1-13(2)8-15(5-6-18-13)12(17)10-7-9(14)3-4-11(10)16/h3-4,7,16H,5-6,8H2,1-2H3. The maximum Gasteiger partial charge on any atom is 0.257 e. The van der Waals surface area contributed by atoms with Crippen LogP contribution in [0.5, 0.6) is 5.75 Å². The molecular formula is C13H16ClNO3. The van der Waals surface area contributed by atoms with E-state index in [1.54, 1.807) is 11.0 Å². The lowest BCUT2D eigenvalue weighted by atomic mass is 10.1. The molecular weight excluding hydrogens is 254 g/mol. The number of amides is 1. The maximum atomic E-state index is 12.3. The van der Waals surface area contributed by atoms with Crippen LogP contribution in [0.25, 0.3) is 0 Å². The molecule has 0 bridgehead atoms. The Balaban J connectivity index is 2.23. The summed E-state index contributed by atoms with van der Waals surface area (Å²) in [6.45, 7) is 5.39. The first-order valence-electron chi connectivity index (χ1n) is 5.81. The summed E-state index contributed by atoms with van der Waals surface area (Å²) in [6, 6.07) is 4.47. The number of benzene rings is 1. The first-order chi connectivity index (χ1) is 8.39. The zero-order valence-corrected chi connectivity index (χ0v) is 11.2. The quantitative estimate of drug-likeness (QED) is 0.851. The summed E-state index contributed by atoms with van der Waals surface area (Å²) < 4.78 is 5.55. The molecule has 5 heteroatoms. The van der Waals surface area contributed by atoms with Crippen molar-refractivity contribution in [1.29, 1.82) is 0 Å². The van der Waals surface area contributed by atoms with Gasteiger partial charge in [0.05, 0.1) is 17.8 Å². The van der Waals surface area contributed by atoms with Gasteiger partial charge in [-0.05, 0) is 32.0 Å². The lowest BCUT2D eigenvalue weighted by molar-refractivity contribution is -0.0764. The minimum Gasteiger partial charge on any atom is -0.507 e. The minimum atomic E-state index is -0.359. The molecule has 18 heavy (non-hydrogen) atoms. The second-order valence-electron chi connectivity index (χ2n) is 5.00. The number of phenolic OH excluding ortho intramolecular Hbond substituents is 1. The summed E-state index contributed by atoms with van der Waals surface area (Å²) in [5.41, 5.74) is -0.123. The normalized spacial score (nSPS) is 18.7. The number of halogens is 1. The van der Waals surface area contributed by atoms with Crippen LogP contribution in [-0.4, -0.2) is 41.2 Å². The molecule has 2 rings (SSSR count). The Morgan fingerprint density at radius 2 is 2.22 bits per heavy atom. The van der Waals surface area contributed by atoms with Gasteiger partial charge >= 0.3 is 0 Å². The van der Waals surface area contributed by atoms with E-state index in [0.29, 0.717) is 24.7 Å². The summed E-state index contributed by atoms with van der Waals surface area (Å²) >= 11 is 5.85. The number of phenols is 1. The molecule has 0 aromatic heterocycles. The molecule has 98 valence electrons. The molecule has 1 aliphatic rings. The Morgan fingerprint density at radius 1 is 1.50 bits per heavy atom. The van der Waals surface area contributed by atoms with Crippen LogP contribution < -0.4 is 0 Å². The van der Waals surface area contributed by atoms with E-state index in [9.17, 15) is 9.90 Å². The van der Waals surface area contributed by atoms with Gasteiger partial charge in [-0.3, -0.25) is 4.79 Å². The highest BCUT2D eigenvalue weighted by Gasteiger charge is 2.31. The van der Waals surface area contributed by atoms with Crippen LogP contribution in [0.4, 0.5) is 0 Å². The number of morpholine rings is 1. The molecule has 1 N–H and O–H groups in total. The fourth-order valence-corrected chi connectivity index (χ4v) is 2.21. The molecule has 0 atom stereocenters. The van der Waals surface area contributed by atoms with Crippen molar-refractivity contribution in [3.63, 3.8) is 0 Å². The largest absolute Gasteiger partial charge is 0.507 e. The van der Waals surface area contributed by atoms with Gasteiger partial charge in [-0.1, -0.05) is 11.6 Å². The van der Waals surface area contributed by atoms with Crippen molar-refractivity contribution >= 4 is 17.5 Å². The summed E-state index contributed by atoms with van der Waals surface area (Å²) in [5, 5.41) is 10.2. The van der Waals surface area contributed by atoms with E-state index in [0.717, 1.165) is 0 Å². The van der Waals surface area contributed by atoms with Crippen LogP contribution >= 0.6 is 11.6 Å². The Labute approximate surface area is 111 Å². The highest BCUT2D eigenvalue weighted by molar-refractivity contribution is 6.31. The van der Waals surface area contributed by atoms with E-state index in [4.69, 9.17) is 16.3 Å². The van der Waals surface area contributed by atoms with Gasteiger partial charge in [0.15, 0.2) is 0 Å². The topological polar surface area (TPSA) is 49.8 Å². The van der Waals surface area contributed by atoms with Gasteiger partial charge in [-0.25, -0.2) is 0 Å². The summed E-state index contributed by atoms with van der Waals surface area (Å²) in [6.07, 6.45) is 0. The molecule has 0 spiro atoms. The van der Waals surface area contributed by atoms with Crippen molar-refractivity contribution < 1.29 is 14.6 Å². The Hall–Kier alpha value is -1.26. The fourth-order valence-electron chi connectivity index (χ4n) is 2.04. The summed E-state index contributed by atoms with van der Waals surface area (Å²) in [7, 11) is 0. The third-order valence-electron chi connectivity index (χ3n) is 2.90. The molecule has 1 fully saturated rings. The van der Waals surface area contributed by atoms with Crippen LogP contribution in [-0.2, 0) is 4.74 Å². The van der Waals surface area contributed by atoms with E-state index in [2.05, 4.69) is 0 Å². The summed E-state index contributed by atoms with van der Waals surface area (Å²) in [4.78, 5) is 14.0. The SMILES string of the molecule is CC1(C)CN(C(=O)c2cc(Cl)ccc2O)CCO1. The van der Waals surface area contributed by atoms with Crippen LogP contribution in [0.1, 0.15) is 24.2 Å². The molecule has 0 radical (unpaired) electrons. The number of carbonyl (C=O) groups excluding carboxylic acids is 1. The summed E-state index contributed by atoms with van der Waals surface area (Å²) in [5.74, 6) is -0.264. The third-order valence-corrected chi connectivity index (χ3v) is 3.14. The molecule has 1 saturated heterocycles. The minimum absolute atomic E-state index is 0.0475. The molecule has 1 aromatic carbocycles. The Morgan fingerprint density at radius 3 is 2.89 bits per heavy atom. The van der Waals surface area contributed by atoms with Gasteiger partial charge in [-0.2, -0.15) is 0 Å². The van der Waals surface area contributed by atoms with Crippen molar-refractivity contribution in [1.82, 2.24) is 4.90 Å². The van der Waals surface area contributed by atoms with Crippen molar-refractivity contribution in [2.24, 2.45) is 0 Å². The highest BCUT2D eigenvalue weighted by atomic mass is 35.5. The van der Waals surface area contributed by atoms with Gasteiger partial charge in [0.2, 0.25) is 0 Å². The zero-order valence-electron chi connectivity index (χ0n) is 10.4. The van der Waals surface area contributed by atoms with Gasteiger partial charge in [0, 0.05) is 18.1 Å². The molecule has 1 heterocycles. The fraction of sp³-hybridized carbons (Fsp3) is 0.462. The number of carbonyl (C=O) groups is 1. The molecule has 1 amide bonds. The molecule has 4 nitrogen and oxygen atoms in total. The van der Waals surface area contributed by atoms with Gasteiger partial charge in [-0.15, -0.1) is 0 Å². The van der Waals surface area contributed by atoms with E-state index in [-0.39, 0.29) is 22.8 Å².